The van der Waals surface area contributed by atoms with Gasteiger partial charge in [-0.3, -0.25) is 4.99 Å². The first-order chi connectivity index (χ1) is 30.3. The summed E-state index contributed by atoms with van der Waals surface area (Å²) in [5.74, 6) is 2.21. The number of unbranched alkanes of at least 4 members (excludes halogenated alkanes) is 10. The minimum absolute atomic E-state index is 0.179. The number of nitrogens with zero attached hydrogens (tertiary/aromatic N) is 1. The average molecular weight is 890 g/mol. The van der Waals surface area contributed by atoms with E-state index in [1.165, 1.54) is 51.4 Å². The molecule has 0 spiro atoms. The predicted molar refractivity (Wildman–Crippen MR) is 277 cm³/mol. The maximum Gasteiger partial charge on any atom is 0.229 e. The van der Waals surface area contributed by atoms with Gasteiger partial charge in [-0.05, 0) is 101 Å². The molecule has 0 fully saturated rings. The van der Waals surface area contributed by atoms with Gasteiger partial charge in [-0.25, -0.2) is 0 Å². The number of hydrogen-bond donors (Lipinski definition) is 1. The summed E-state index contributed by atoms with van der Waals surface area (Å²) in [7, 11) is -1.49. The van der Waals surface area contributed by atoms with Gasteiger partial charge in [-0.15, -0.1) is 0 Å². The summed E-state index contributed by atoms with van der Waals surface area (Å²) in [5.41, 5.74) is 4.59. The van der Waals surface area contributed by atoms with Crippen LogP contribution in [0.15, 0.2) is 89.9 Å². The zero-order chi connectivity index (χ0) is 47.0. The Balaban J connectivity index is 2.09. The molecule has 4 aromatic rings. The third-order valence-electron chi connectivity index (χ3n) is 12.4. The highest BCUT2D eigenvalue weighted by atomic mass is 28.3. The molecule has 5 nitrogen and oxygen atoms in total. The van der Waals surface area contributed by atoms with Crippen LogP contribution in [-0.4, -0.2) is 39.6 Å². The van der Waals surface area contributed by atoms with Crippen LogP contribution in [-0.2, 0) is 28.3 Å². The lowest BCUT2D eigenvalue weighted by atomic mass is 9.73. The normalized spacial score (nSPS) is 13.2. The minimum atomic E-state index is -1.70. The van der Waals surface area contributed by atoms with Gasteiger partial charge in [0.15, 0.2) is 0 Å². The van der Waals surface area contributed by atoms with Crippen LogP contribution in [0.1, 0.15) is 192 Å². The van der Waals surface area contributed by atoms with E-state index >= 15 is 0 Å². The van der Waals surface area contributed by atoms with Crippen LogP contribution in [0.25, 0.3) is 0 Å². The van der Waals surface area contributed by atoms with Crippen molar-refractivity contribution in [1.29, 1.82) is 0 Å². The first kappa shape index (κ1) is 52.7. The molecule has 0 saturated carbocycles. The van der Waals surface area contributed by atoms with Gasteiger partial charge in [-0.2, -0.15) is 0 Å². The van der Waals surface area contributed by atoms with Crippen molar-refractivity contribution in [2.45, 2.75) is 201 Å². The van der Waals surface area contributed by atoms with E-state index in [0.29, 0.717) is 31.1 Å². The summed E-state index contributed by atoms with van der Waals surface area (Å²) < 4.78 is 20.4. The molecule has 0 bridgehead atoms. The monoisotopic (exact) mass is 890 g/mol. The molecular weight excluding hydrogens is 803 g/mol. The zero-order valence-electron chi connectivity index (χ0n) is 42.5. The van der Waals surface area contributed by atoms with E-state index < -0.39 is 20.7 Å². The Morgan fingerprint density at radius 2 is 1.03 bits per heavy atom. The average Bonchev–Trinajstić information content (AvgIpc) is 3.23. The summed E-state index contributed by atoms with van der Waals surface area (Å²) in [4.78, 5) is 5.65. The van der Waals surface area contributed by atoms with Crippen molar-refractivity contribution in [2.75, 3.05) is 13.2 Å². The van der Waals surface area contributed by atoms with Crippen molar-refractivity contribution < 1.29 is 19.0 Å². The summed E-state index contributed by atoms with van der Waals surface area (Å²) >= 11 is 0. The third kappa shape index (κ3) is 15.4. The van der Waals surface area contributed by atoms with Gasteiger partial charge >= 0.3 is 0 Å². The number of rotatable bonds is 25. The van der Waals surface area contributed by atoms with Crippen molar-refractivity contribution in [3.05, 3.63) is 124 Å². The van der Waals surface area contributed by atoms with E-state index in [-0.39, 0.29) is 16.2 Å². The molecule has 352 valence electrons. The molecule has 0 aliphatic heterocycles. The Bertz CT molecular complexity index is 1940. The Hall–Kier alpha value is -3.87. The molecule has 1 unspecified atom stereocenters. The van der Waals surface area contributed by atoms with Crippen LogP contribution >= 0.6 is 0 Å². The molecule has 4 rings (SSSR count). The Morgan fingerprint density at radius 1 is 0.547 bits per heavy atom. The van der Waals surface area contributed by atoms with E-state index in [4.69, 9.17) is 18.9 Å². The molecule has 0 radical (unpaired) electrons. The topological polar surface area (TPSA) is 60.3 Å². The molecule has 0 heterocycles. The first-order valence-electron chi connectivity index (χ1n) is 25.0. The summed E-state index contributed by atoms with van der Waals surface area (Å²) in [5, 5.41) is 14.6. The SMILES string of the molecule is CCCCCCCCOc1ccc(C(C)(C)C)cc1C(O)(c1cc(C(C)(C)C)ccc1OCCCCCCCC)C(Cc1ccccc1)N=Cc1c(O[SiH](C)C)cccc1C(C)(C)C. The van der Waals surface area contributed by atoms with E-state index in [0.717, 1.165) is 70.4 Å². The standard InChI is InChI=1S/C58H87NO4Si/c1-14-16-18-20-22-27-38-61-52-36-34-45(55(3,4)5)41-49(52)58(60,50-42-46(56(6,7)8)35-37-53(50)62-39-28-23-21-19-17-15-2)54(40-44-30-25-24-26-31-44)59-43-47-48(57(9,10)11)32-29-33-51(47)63-64(12)13/h24-26,29-37,41-43,54,60,64H,14-23,27-28,38-40H2,1-13H3. The van der Waals surface area contributed by atoms with Crippen molar-refractivity contribution in [3.63, 3.8) is 0 Å². The second kappa shape index (κ2) is 24.6. The number of aliphatic imine (C=N–C) groups is 1. The molecule has 0 amide bonds. The lowest BCUT2D eigenvalue weighted by Crippen LogP contribution is -2.42. The van der Waals surface area contributed by atoms with E-state index in [9.17, 15) is 5.11 Å². The van der Waals surface area contributed by atoms with Crippen LogP contribution < -0.4 is 13.9 Å². The maximum absolute atomic E-state index is 14.6. The predicted octanol–water partition coefficient (Wildman–Crippen LogP) is 15.4. The van der Waals surface area contributed by atoms with Crippen molar-refractivity contribution in [1.82, 2.24) is 0 Å². The molecule has 64 heavy (non-hydrogen) atoms. The number of ether oxygens (including phenoxy) is 2. The smallest absolute Gasteiger partial charge is 0.229 e. The second-order valence-electron chi connectivity index (χ2n) is 21.5. The van der Waals surface area contributed by atoms with Crippen molar-refractivity contribution in [3.8, 4) is 17.2 Å². The van der Waals surface area contributed by atoms with Gasteiger partial charge in [0, 0.05) is 22.9 Å². The molecule has 0 aromatic heterocycles. The Kier molecular flexibility index (Phi) is 20.3. The largest absolute Gasteiger partial charge is 0.547 e. The van der Waals surface area contributed by atoms with Gasteiger partial charge in [-0.1, -0.05) is 195 Å². The van der Waals surface area contributed by atoms with E-state index in [1.807, 2.05) is 6.21 Å². The van der Waals surface area contributed by atoms with Gasteiger partial charge < -0.3 is 19.0 Å². The Morgan fingerprint density at radius 3 is 1.48 bits per heavy atom. The van der Waals surface area contributed by atoms with Gasteiger partial charge in [0.05, 0.1) is 19.3 Å². The Labute approximate surface area is 392 Å². The lowest BCUT2D eigenvalue weighted by Gasteiger charge is -2.39. The molecule has 0 aliphatic carbocycles. The lowest BCUT2D eigenvalue weighted by molar-refractivity contribution is 0.0460. The molecule has 4 aromatic carbocycles. The highest BCUT2D eigenvalue weighted by Crippen LogP contribution is 2.47. The van der Waals surface area contributed by atoms with Gasteiger partial charge in [0.25, 0.3) is 0 Å². The molecule has 0 aliphatic rings. The summed E-state index contributed by atoms with van der Waals surface area (Å²) in [6, 6.07) is 29.1. The van der Waals surface area contributed by atoms with E-state index in [2.05, 4.69) is 174 Å². The van der Waals surface area contributed by atoms with Gasteiger partial charge in [0.2, 0.25) is 9.04 Å². The van der Waals surface area contributed by atoms with Gasteiger partial charge in [0.1, 0.15) is 22.8 Å². The molecular formula is C58H87NO4Si. The number of aliphatic hydroxyl groups is 1. The van der Waals surface area contributed by atoms with Crippen LogP contribution in [0.5, 0.6) is 17.2 Å². The third-order valence-corrected chi connectivity index (χ3v) is 13.1. The van der Waals surface area contributed by atoms with Crippen molar-refractivity contribution >= 4 is 15.3 Å². The van der Waals surface area contributed by atoms with Crippen molar-refractivity contribution in [2.24, 2.45) is 4.99 Å². The van der Waals surface area contributed by atoms with Crippen LogP contribution in [0.2, 0.25) is 13.1 Å². The van der Waals surface area contributed by atoms with E-state index in [1.54, 1.807) is 0 Å². The van der Waals surface area contributed by atoms with Crippen LogP contribution in [0, 0.1) is 0 Å². The maximum atomic E-state index is 14.6. The summed E-state index contributed by atoms with van der Waals surface area (Å²) in [6.07, 6.45) is 16.5. The summed E-state index contributed by atoms with van der Waals surface area (Å²) in [6.45, 7) is 30.2. The molecule has 6 heteroatoms. The fraction of sp³-hybridized carbons (Fsp3) is 0.569. The fourth-order valence-corrected chi connectivity index (χ4v) is 9.18. The highest BCUT2D eigenvalue weighted by Gasteiger charge is 2.46. The highest BCUT2D eigenvalue weighted by molar-refractivity contribution is 6.49. The quantitative estimate of drug-likeness (QED) is 0.0409. The second-order valence-corrected chi connectivity index (χ2v) is 23.9. The number of benzene rings is 4. The minimum Gasteiger partial charge on any atom is -0.547 e. The van der Waals surface area contributed by atoms with Crippen LogP contribution in [0.4, 0.5) is 0 Å². The van der Waals surface area contributed by atoms with Crippen LogP contribution in [0.3, 0.4) is 0 Å². The molecule has 0 saturated heterocycles. The fourth-order valence-electron chi connectivity index (χ4n) is 8.47. The molecule has 1 atom stereocenters. The number of hydrogen-bond acceptors (Lipinski definition) is 5. The zero-order valence-corrected chi connectivity index (χ0v) is 43.7. The molecule has 1 N–H and O–H groups in total. The first-order valence-corrected chi connectivity index (χ1v) is 27.7.